The summed E-state index contributed by atoms with van der Waals surface area (Å²) < 4.78 is 0. The monoisotopic (exact) mass is 344 g/mol. The van der Waals surface area contributed by atoms with Crippen LogP contribution < -0.4 is 5.32 Å². The quantitative estimate of drug-likeness (QED) is 0.925. The fourth-order valence-electron chi connectivity index (χ4n) is 2.90. The number of aryl methyl sites for hydroxylation is 1. The van der Waals surface area contributed by atoms with Crippen LogP contribution in [0, 0.1) is 6.92 Å². The smallest absolute Gasteiger partial charge is 0.249 e. The molecule has 2 aromatic rings. The Balaban J connectivity index is 1.70. The van der Waals surface area contributed by atoms with Gasteiger partial charge in [-0.15, -0.1) is 10.2 Å². The van der Waals surface area contributed by atoms with Crippen molar-refractivity contribution in [2.75, 3.05) is 11.9 Å². The molecule has 126 valence electrons. The molecular formula is C17H20N4O2S. The first-order chi connectivity index (χ1) is 11.6. The fraction of sp³-hybridized carbons (Fsp3) is 0.412. The number of hydrogen-bond acceptors (Lipinski definition) is 5. The van der Waals surface area contributed by atoms with Crippen LogP contribution in [0.4, 0.5) is 5.13 Å². The summed E-state index contributed by atoms with van der Waals surface area (Å²) >= 11 is 1.34. The summed E-state index contributed by atoms with van der Waals surface area (Å²) in [7, 11) is 0. The second-order valence-corrected chi connectivity index (χ2v) is 6.85. The molecular weight excluding hydrogens is 324 g/mol. The lowest BCUT2D eigenvalue weighted by molar-refractivity contribution is -0.136. The second kappa shape index (κ2) is 7.09. The molecule has 1 aromatic carbocycles. The van der Waals surface area contributed by atoms with E-state index in [-0.39, 0.29) is 11.8 Å². The van der Waals surface area contributed by atoms with Crippen LogP contribution >= 0.6 is 11.3 Å². The molecule has 1 aliphatic rings. The summed E-state index contributed by atoms with van der Waals surface area (Å²) in [6.45, 7) is 4.48. The lowest BCUT2D eigenvalue weighted by Gasteiger charge is -2.22. The van der Waals surface area contributed by atoms with Gasteiger partial charge in [0.1, 0.15) is 11.0 Å². The number of benzene rings is 1. The Kier molecular flexibility index (Phi) is 4.89. The third-order valence-corrected chi connectivity index (χ3v) is 4.99. The minimum Gasteiger partial charge on any atom is -0.331 e. The Hall–Kier alpha value is -2.28. The van der Waals surface area contributed by atoms with Crippen molar-refractivity contribution in [1.82, 2.24) is 15.1 Å². The number of nitrogens with one attached hydrogen (secondary N) is 1. The summed E-state index contributed by atoms with van der Waals surface area (Å²) in [6, 6.07) is 7.59. The van der Waals surface area contributed by atoms with E-state index in [9.17, 15) is 9.59 Å². The van der Waals surface area contributed by atoms with Gasteiger partial charge in [0.05, 0.1) is 0 Å². The first-order valence-electron chi connectivity index (χ1n) is 8.09. The van der Waals surface area contributed by atoms with Crippen LogP contribution in [-0.4, -0.2) is 39.5 Å². The zero-order chi connectivity index (χ0) is 17.1. The minimum absolute atomic E-state index is 0.0189. The van der Waals surface area contributed by atoms with Crippen LogP contribution in [-0.2, 0) is 9.59 Å². The van der Waals surface area contributed by atoms with E-state index in [1.807, 2.05) is 38.1 Å². The SMILES string of the molecule is CCC(=O)N1CCCC1C(=O)Nc1nnc(-c2cccc(C)c2)s1. The standard InChI is InChI=1S/C17H20N4O2S/c1-3-14(22)21-9-5-8-13(21)15(23)18-17-20-19-16(24-17)12-7-4-6-11(2)10-12/h4,6-7,10,13H,3,5,8-9H2,1-2H3,(H,18,20,23). The lowest BCUT2D eigenvalue weighted by atomic mass is 10.1. The maximum Gasteiger partial charge on any atom is 0.249 e. The van der Waals surface area contributed by atoms with E-state index in [2.05, 4.69) is 15.5 Å². The molecule has 1 aliphatic heterocycles. The van der Waals surface area contributed by atoms with Crippen LogP contribution in [0.2, 0.25) is 0 Å². The summed E-state index contributed by atoms with van der Waals surface area (Å²) in [4.78, 5) is 26.1. The average molecular weight is 344 g/mol. The molecule has 0 spiro atoms. The number of amides is 2. The molecule has 0 bridgehead atoms. The van der Waals surface area contributed by atoms with Crippen molar-refractivity contribution < 1.29 is 9.59 Å². The number of hydrogen-bond donors (Lipinski definition) is 1. The highest BCUT2D eigenvalue weighted by atomic mass is 32.1. The first-order valence-corrected chi connectivity index (χ1v) is 8.91. The van der Waals surface area contributed by atoms with Crippen LogP contribution in [0.15, 0.2) is 24.3 Å². The van der Waals surface area contributed by atoms with E-state index in [0.717, 1.165) is 22.6 Å². The summed E-state index contributed by atoms with van der Waals surface area (Å²) in [6.07, 6.45) is 1.97. The molecule has 0 radical (unpaired) electrons. The molecule has 0 aliphatic carbocycles. The molecule has 1 atom stereocenters. The highest BCUT2D eigenvalue weighted by Crippen LogP contribution is 2.27. The zero-order valence-corrected chi connectivity index (χ0v) is 14.6. The summed E-state index contributed by atoms with van der Waals surface area (Å²) in [5.74, 6) is -0.161. The first kappa shape index (κ1) is 16.6. The Morgan fingerprint density at radius 1 is 1.38 bits per heavy atom. The summed E-state index contributed by atoms with van der Waals surface area (Å²) in [5.41, 5.74) is 2.13. The van der Waals surface area contributed by atoms with Crippen molar-refractivity contribution in [2.24, 2.45) is 0 Å². The number of likely N-dealkylation sites (tertiary alicyclic amines) is 1. The number of nitrogens with zero attached hydrogens (tertiary/aromatic N) is 3. The number of rotatable bonds is 4. The molecule has 2 amide bonds. The normalized spacial score (nSPS) is 17.1. The van der Waals surface area contributed by atoms with Crippen LogP contribution in [0.3, 0.4) is 0 Å². The number of aromatic nitrogens is 2. The van der Waals surface area contributed by atoms with Crippen LogP contribution in [0.25, 0.3) is 10.6 Å². The van der Waals surface area contributed by atoms with Gasteiger partial charge in [0.2, 0.25) is 16.9 Å². The Morgan fingerprint density at radius 3 is 2.96 bits per heavy atom. The molecule has 1 saturated heterocycles. The van der Waals surface area contributed by atoms with Gasteiger partial charge < -0.3 is 4.90 Å². The Morgan fingerprint density at radius 2 is 2.21 bits per heavy atom. The molecule has 2 heterocycles. The zero-order valence-electron chi connectivity index (χ0n) is 13.8. The highest BCUT2D eigenvalue weighted by Gasteiger charge is 2.33. The molecule has 1 fully saturated rings. The maximum atomic E-state index is 12.5. The van der Waals surface area contributed by atoms with Crippen molar-refractivity contribution in [3.8, 4) is 10.6 Å². The molecule has 1 N–H and O–H groups in total. The van der Waals surface area contributed by atoms with Gasteiger partial charge in [0, 0.05) is 18.5 Å². The van der Waals surface area contributed by atoms with E-state index in [4.69, 9.17) is 0 Å². The molecule has 24 heavy (non-hydrogen) atoms. The molecule has 6 nitrogen and oxygen atoms in total. The predicted molar refractivity (Wildman–Crippen MR) is 93.7 cm³/mol. The Labute approximate surface area is 144 Å². The Bertz CT molecular complexity index is 759. The van der Waals surface area contributed by atoms with E-state index in [1.165, 1.54) is 11.3 Å². The maximum absolute atomic E-state index is 12.5. The van der Waals surface area contributed by atoms with Gasteiger partial charge in [-0.3, -0.25) is 14.9 Å². The van der Waals surface area contributed by atoms with E-state index >= 15 is 0 Å². The minimum atomic E-state index is -0.399. The van der Waals surface area contributed by atoms with E-state index < -0.39 is 6.04 Å². The average Bonchev–Trinajstić information content (AvgIpc) is 3.23. The van der Waals surface area contributed by atoms with Crippen LogP contribution in [0.5, 0.6) is 0 Å². The van der Waals surface area contributed by atoms with Gasteiger partial charge in [-0.25, -0.2) is 0 Å². The molecule has 1 aromatic heterocycles. The van der Waals surface area contributed by atoms with Gasteiger partial charge in [0.25, 0.3) is 0 Å². The fourth-order valence-corrected chi connectivity index (χ4v) is 3.64. The highest BCUT2D eigenvalue weighted by molar-refractivity contribution is 7.18. The van der Waals surface area contributed by atoms with Gasteiger partial charge in [-0.2, -0.15) is 0 Å². The van der Waals surface area contributed by atoms with Crippen molar-refractivity contribution >= 4 is 28.3 Å². The van der Waals surface area contributed by atoms with Crippen molar-refractivity contribution in [1.29, 1.82) is 0 Å². The van der Waals surface area contributed by atoms with Gasteiger partial charge in [-0.05, 0) is 25.8 Å². The van der Waals surface area contributed by atoms with Crippen molar-refractivity contribution in [3.05, 3.63) is 29.8 Å². The number of carbonyl (C=O) groups is 2. The van der Waals surface area contributed by atoms with Crippen LogP contribution in [0.1, 0.15) is 31.7 Å². The number of anilines is 1. The predicted octanol–water partition coefficient (Wildman–Crippen LogP) is 2.85. The third-order valence-electron chi connectivity index (χ3n) is 4.10. The molecule has 1 unspecified atom stereocenters. The topological polar surface area (TPSA) is 75.2 Å². The summed E-state index contributed by atoms with van der Waals surface area (Å²) in [5, 5.41) is 12.2. The van der Waals surface area contributed by atoms with Gasteiger partial charge in [0.15, 0.2) is 0 Å². The van der Waals surface area contributed by atoms with E-state index in [0.29, 0.717) is 24.5 Å². The van der Waals surface area contributed by atoms with Gasteiger partial charge in [-0.1, -0.05) is 42.0 Å². The van der Waals surface area contributed by atoms with E-state index in [1.54, 1.807) is 4.90 Å². The lowest BCUT2D eigenvalue weighted by Crippen LogP contribution is -2.42. The molecule has 7 heteroatoms. The molecule has 0 saturated carbocycles. The molecule has 3 rings (SSSR count). The third kappa shape index (κ3) is 3.46. The van der Waals surface area contributed by atoms with Gasteiger partial charge >= 0.3 is 0 Å². The second-order valence-electron chi connectivity index (χ2n) is 5.87. The van der Waals surface area contributed by atoms with Crippen molar-refractivity contribution in [3.63, 3.8) is 0 Å². The largest absolute Gasteiger partial charge is 0.331 e. The van der Waals surface area contributed by atoms with Crippen molar-refractivity contribution in [2.45, 2.75) is 39.2 Å². The number of carbonyl (C=O) groups excluding carboxylic acids is 2.